The van der Waals surface area contributed by atoms with Crippen molar-refractivity contribution in [3.63, 3.8) is 0 Å². The fourth-order valence-corrected chi connectivity index (χ4v) is 6.28. The van der Waals surface area contributed by atoms with Gasteiger partial charge in [0.1, 0.15) is 0 Å². The smallest absolute Gasteiger partial charge is 0.249 e. The molecule has 1 N–H and O–H groups in total. The fourth-order valence-electron chi connectivity index (χ4n) is 6.28. The number of piperidine rings is 1. The van der Waals surface area contributed by atoms with E-state index in [2.05, 4.69) is 29.6 Å². The number of hydrogen-bond acceptors (Lipinski definition) is 3. The first-order valence-electron chi connectivity index (χ1n) is 12.6. The summed E-state index contributed by atoms with van der Waals surface area (Å²) in [5.41, 5.74) is 4.19. The van der Waals surface area contributed by atoms with Gasteiger partial charge in [0.25, 0.3) is 0 Å². The van der Waals surface area contributed by atoms with Crippen LogP contribution in [-0.2, 0) is 26.2 Å². The van der Waals surface area contributed by atoms with E-state index in [1.165, 1.54) is 12.0 Å². The van der Waals surface area contributed by atoms with Crippen molar-refractivity contribution in [1.29, 1.82) is 0 Å². The van der Waals surface area contributed by atoms with Crippen molar-refractivity contribution in [3.05, 3.63) is 82.9 Å². The number of carbonyl (C=O) groups excluding carboxylic acids is 2. The number of benzene rings is 2. The maximum atomic E-state index is 13.1. The van der Waals surface area contributed by atoms with E-state index >= 15 is 0 Å². The summed E-state index contributed by atoms with van der Waals surface area (Å²) < 4.78 is 6.13. The first kappa shape index (κ1) is 22.9. The average molecular weight is 459 g/mol. The first-order valence-corrected chi connectivity index (χ1v) is 12.6. The second kappa shape index (κ2) is 9.75. The summed E-state index contributed by atoms with van der Waals surface area (Å²) in [4.78, 5) is 28.1. The minimum Gasteiger partial charge on any atom is -0.378 e. The molecule has 34 heavy (non-hydrogen) atoms. The number of amides is 2. The van der Waals surface area contributed by atoms with Crippen molar-refractivity contribution in [2.24, 2.45) is 0 Å². The van der Waals surface area contributed by atoms with E-state index in [9.17, 15) is 9.59 Å². The first-order chi connectivity index (χ1) is 16.6. The zero-order valence-electron chi connectivity index (χ0n) is 20.0. The van der Waals surface area contributed by atoms with E-state index in [0.29, 0.717) is 6.42 Å². The Kier molecular flexibility index (Phi) is 6.55. The van der Waals surface area contributed by atoms with E-state index in [4.69, 9.17) is 4.74 Å². The van der Waals surface area contributed by atoms with Crippen molar-refractivity contribution in [2.45, 2.75) is 62.5 Å². The standard InChI is InChI=1S/C29H34N2O3/c1-34-27-26(30-25(32)20-21-10-4-2-5-11-21)23-14-8-9-15-24(23)29(27)16-18-31(19-17-29)28(33)22-12-6-3-7-13-22/h2,4-5,8-12,14-15,26-27H,3,6-7,13,16-20H2,1H3,(H,30,32)/t26-,27+/m0/s1. The van der Waals surface area contributed by atoms with Crippen molar-refractivity contribution in [1.82, 2.24) is 10.2 Å². The van der Waals surface area contributed by atoms with E-state index in [-0.39, 0.29) is 29.4 Å². The average Bonchev–Trinajstić information content (AvgIpc) is 3.13. The predicted molar refractivity (Wildman–Crippen MR) is 132 cm³/mol. The van der Waals surface area contributed by atoms with Crippen LogP contribution in [0.25, 0.3) is 0 Å². The fraction of sp³-hybridized carbons (Fsp3) is 0.448. The van der Waals surface area contributed by atoms with Gasteiger partial charge in [0.15, 0.2) is 0 Å². The molecule has 2 aromatic carbocycles. The molecule has 0 saturated carbocycles. The lowest BCUT2D eigenvalue weighted by molar-refractivity contribution is -0.130. The van der Waals surface area contributed by atoms with Gasteiger partial charge in [-0.15, -0.1) is 0 Å². The summed E-state index contributed by atoms with van der Waals surface area (Å²) in [5.74, 6) is 0.212. The Hall–Kier alpha value is -2.92. The van der Waals surface area contributed by atoms with Gasteiger partial charge in [0.05, 0.1) is 18.6 Å². The lowest BCUT2D eigenvalue weighted by Gasteiger charge is -2.44. The van der Waals surface area contributed by atoms with Crippen LogP contribution in [0.2, 0.25) is 0 Å². The van der Waals surface area contributed by atoms with Crippen LogP contribution in [0.4, 0.5) is 0 Å². The Labute approximate surface area is 202 Å². The monoisotopic (exact) mass is 458 g/mol. The van der Waals surface area contributed by atoms with E-state index in [1.807, 2.05) is 41.3 Å². The lowest BCUT2D eigenvalue weighted by atomic mass is 9.71. The molecular formula is C29H34N2O3. The normalized spacial score (nSPS) is 23.3. The highest BCUT2D eigenvalue weighted by atomic mass is 16.5. The zero-order valence-corrected chi connectivity index (χ0v) is 20.0. The van der Waals surface area contributed by atoms with Crippen molar-refractivity contribution < 1.29 is 14.3 Å². The third-order valence-corrected chi connectivity index (χ3v) is 7.97. The highest BCUT2D eigenvalue weighted by Crippen LogP contribution is 2.52. The molecule has 1 spiro atoms. The van der Waals surface area contributed by atoms with Gasteiger partial charge in [0.2, 0.25) is 11.8 Å². The minimum absolute atomic E-state index is 0.00181. The number of carbonyl (C=O) groups is 2. The van der Waals surface area contributed by atoms with Gasteiger partial charge in [-0.2, -0.15) is 0 Å². The van der Waals surface area contributed by atoms with Crippen LogP contribution in [0, 0.1) is 0 Å². The van der Waals surface area contributed by atoms with Gasteiger partial charge >= 0.3 is 0 Å². The van der Waals surface area contributed by atoms with Crippen LogP contribution in [0.5, 0.6) is 0 Å². The quantitative estimate of drug-likeness (QED) is 0.719. The SMILES string of the molecule is CO[C@@H]1[C@@H](NC(=O)Cc2ccccc2)c2ccccc2C12CCN(C(=O)C1=CCCCC1)CC2. The molecule has 1 saturated heterocycles. The highest BCUT2D eigenvalue weighted by Gasteiger charge is 2.54. The largest absolute Gasteiger partial charge is 0.378 e. The topological polar surface area (TPSA) is 58.6 Å². The molecule has 2 atom stereocenters. The molecule has 2 aliphatic carbocycles. The zero-order chi connectivity index (χ0) is 23.5. The molecule has 5 heteroatoms. The van der Waals surface area contributed by atoms with Gasteiger partial charge < -0.3 is 15.0 Å². The number of allylic oxidation sites excluding steroid dienone is 1. The van der Waals surface area contributed by atoms with Crippen LogP contribution in [0.3, 0.4) is 0 Å². The van der Waals surface area contributed by atoms with E-state index in [0.717, 1.165) is 61.9 Å². The lowest BCUT2D eigenvalue weighted by Crippen LogP contribution is -2.52. The Balaban J connectivity index is 1.35. The molecular weight excluding hydrogens is 424 g/mol. The van der Waals surface area contributed by atoms with Crippen LogP contribution in [0.15, 0.2) is 66.2 Å². The Morgan fingerprint density at radius 1 is 1.03 bits per heavy atom. The molecule has 1 aliphatic heterocycles. The maximum absolute atomic E-state index is 13.1. The molecule has 2 aromatic rings. The Bertz CT molecular complexity index is 1070. The van der Waals surface area contributed by atoms with Crippen LogP contribution in [-0.4, -0.2) is 43.0 Å². The molecule has 0 radical (unpaired) electrons. The van der Waals surface area contributed by atoms with Crippen LogP contribution >= 0.6 is 0 Å². The third kappa shape index (κ3) is 4.18. The number of likely N-dealkylation sites (tertiary alicyclic amines) is 1. The molecule has 3 aliphatic rings. The predicted octanol–water partition coefficient (Wildman–Crippen LogP) is 4.48. The molecule has 0 bridgehead atoms. The highest BCUT2D eigenvalue weighted by molar-refractivity contribution is 5.93. The summed E-state index contributed by atoms with van der Waals surface area (Å²) in [6.45, 7) is 1.43. The van der Waals surface area contributed by atoms with Gasteiger partial charge in [0, 0.05) is 31.2 Å². The van der Waals surface area contributed by atoms with E-state index in [1.54, 1.807) is 7.11 Å². The van der Waals surface area contributed by atoms with Crippen molar-refractivity contribution in [2.75, 3.05) is 20.2 Å². The van der Waals surface area contributed by atoms with Crippen molar-refractivity contribution >= 4 is 11.8 Å². The molecule has 0 aromatic heterocycles. The molecule has 1 fully saturated rings. The molecule has 1 heterocycles. The second-order valence-electron chi connectivity index (χ2n) is 9.87. The van der Waals surface area contributed by atoms with Crippen LogP contribution < -0.4 is 5.32 Å². The number of nitrogens with one attached hydrogen (secondary N) is 1. The van der Waals surface area contributed by atoms with Crippen LogP contribution in [0.1, 0.15) is 61.3 Å². The summed E-state index contributed by atoms with van der Waals surface area (Å²) in [5, 5.41) is 3.29. The number of ether oxygens (including phenoxy) is 1. The summed E-state index contributed by atoms with van der Waals surface area (Å²) in [6, 6.07) is 18.1. The van der Waals surface area contributed by atoms with Crippen molar-refractivity contribution in [3.8, 4) is 0 Å². The summed E-state index contributed by atoms with van der Waals surface area (Å²) in [7, 11) is 1.75. The van der Waals surface area contributed by atoms with Gasteiger partial charge in [-0.25, -0.2) is 0 Å². The number of hydrogen-bond donors (Lipinski definition) is 1. The number of methoxy groups -OCH3 is 1. The maximum Gasteiger partial charge on any atom is 0.249 e. The Morgan fingerprint density at radius 3 is 2.47 bits per heavy atom. The van der Waals surface area contributed by atoms with Gasteiger partial charge in [-0.3, -0.25) is 9.59 Å². The van der Waals surface area contributed by atoms with E-state index < -0.39 is 0 Å². The molecule has 5 rings (SSSR count). The summed E-state index contributed by atoms with van der Waals surface area (Å²) in [6.07, 6.45) is 8.22. The number of rotatable bonds is 5. The molecule has 2 amide bonds. The number of nitrogens with zero attached hydrogens (tertiary/aromatic N) is 1. The van der Waals surface area contributed by atoms with Gasteiger partial charge in [-0.1, -0.05) is 60.7 Å². The third-order valence-electron chi connectivity index (χ3n) is 7.97. The molecule has 0 unspecified atom stereocenters. The molecule has 178 valence electrons. The number of fused-ring (bicyclic) bond motifs is 2. The van der Waals surface area contributed by atoms with Gasteiger partial charge in [-0.05, 0) is 55.2 Å². The second-order valence-corrected chi connectivity index (χ2v) is 9.87. The Morgan fingerprint density at radius 2 is 1.76 bits per heavy atom. The summed E-state index contributed by atoms with van der Waals surface area (Å²) >= 11 is 0. The molecule has 5 nitrogen and oxygen atoms in total. The minimum atomic E-state index is -0.201.